The van der Waals surface area contributed by atoms with E-state index < -0.39 is 0 Å². The van der Waals surface area contributed by atoms with Gasteiger partial charge in [0.05, 0.1) is 0 Å². The summed E-state index contributed by atoms with van der Waals surface area (Å²) in [5.74, 6) is 0.118. The highest BCUT2D eigenvalue weighted by Gasteiger charge is 2.61. The molecule has 2 rings (SSSR count). The molecule has 3 nitrogen and oxygen atoms in total. The van der Waals surface area contributed by atoms with Crippen LogP contribution in [-0.4, -0.2) is 17.6 Å². The molecule has 1 aliphatic carbocycles. The van der Waals surface area contributed by atoms with Crippen LogP contribution in [-0.2, 0) is 11.3 Å². The predicted molar refractivity (Wildman–Crippen MR) is 66.1 cm³/mol. The first-order valence-electron chi connectivity index (χ1n) is 6.00. The average Bonchev–Trinajstić information content (AvgIpc) is 2.89. The molecule has 2 atom stereocenters. The second kappa shape index (κ2) is 4.49. The second-order valence-electron chi connectivity index (χ2n) is 5.29. The van der Waals surface area contributed by atoms with E-state index in [9.17, 15) is 4.79 Å². The zero-order valence-corrected chi connectivity index (χ0v) is 10.3. The number of carbonyl (C=O) groups is 1. The number of aliphatic hydroxyl groups excluding tert-OH is 1. The van der Waals surface area contributed by atoms with E-state index in [2.05, 4.69) is 5.32 Å². The van der Waals surface area contributed by atoms with E-state index in [0.717, 1.165) is 5.56 Å². The summed E-state index contributed by atoms with van der Waals surface area (Å²) in [5, 5.41) is 12.1. The topological polar surface area (TPSA) is 49.3 Å². The van der Waals surface area contributed by atoms with Gasteiger partial charge in [-0.05, 0) is 16.9 Å². The molecule has 1 aliphatic rings. The van der Waals surface area contributed by atoms with Crippen LogP contribution in [0.1, 0.15) is 19.4 Å². The van der Waals surface area contributed by atoms with Gasteiger partial charge in [0.25, 0.3) is 0 Å². The minimum Gasteiger partial charge on any atom is -0.396 e. The first-order valence-corrected chi connectivity index (χ1v) is 6.00. The van der Waals surface area contributed by atoms with Gasteiger partial charge in [-0.25, -0.2) is 0 Å². The third kappa shape index (κ3) is 2.34. The van der Waals surface area contributed by atoms with Gasteiger partial charge in [-0.1, -0.05) is 44.2 Å². The molecule has 0 saturated heterocycles. The van der Waals surface area contributed by atoms with Crippen molar-refractivity contribution in [2.75, 3.05) is 6.61 Å². The standard InChI is InChI=1S/C14H19NO2/c1-14(2)11(9-16)12(14)13(17)15-8-10-6-4-3-5-7-10/h3-7,11-12,16H,8-9H2,1-2H3,(H,15,17)/t11-,12-/m0/s1. The van der Waals surface area contributed by atoms with Crippen LogP contribution in [0.3, 0.4) is 0 Å². The predicted octanol–water partition coefficient (Wildman–Crippen LogP) is 1.57. The van der Waals surface area contributed by atoms with Gasteiger partial charge in [0.15, 0.2) is 0 Å². The van der Waals surface area contributed by atoms with Crippen molar-refractivity contribution >= 4 is 5.91 Å². The van der Waals surface area contributed by atoms with Crippen LogP contribution in [0.5, 0.6) is 0 Å². The molecule has 1 saturated carbocycles. The molecule has 0 unspecified atom stereocenters. The summed E-state index contributed by atoms with van der Waals surface area (Å²) in [4.78, 5) is 11.9. The molecule has 0 aliphatic heterocycles. The van der Waals surface area contributed by atoms with Crippen LogP contribution >= 0.6 is 0 Å². The summed E-state index contributed by atoms with van der Waals surface area (Å²) in [6.45, 7) is 4.71. The summed E-state index contributed by atoms with van der Waals surface area (Å²) in [6, 6.07) is 9.85. The molecule has 1 amide bonds. The number of hydrogen-bond donors (Lipinski definition) is 2. The Labute approximate surface area is 102 Å². The summed E-state index contributed by atoms with van der Waals surface area (Å²) >= 11 is 0. The number of amides is 1. The van der Waals surface area contributed by atoms with E-state index in [0.29, 0.717) is 6.54 Å². The molecule has 2 N–H and O–H groups in total. The van der Waals surface area contributed by atoms with Gasteiger partial charge in [-0.3, -0.25) is 4.79 Å². The van der Waals surface area contributed by atoms with Crippen LogP contribution in [0.15, 0.2) is 30.3 Å². The lowest BCUT2D eigenvalue weighted by atomic mass is 10.1. The third-order valence-electron chi connectivity index (χ3n) is 3.84. The Balaban J connectivity index is 1.87. The summed E-state index contributed by atoms with van der Waals surface area (Å²) in [6.07, 6.45) is 0. The van der Waals surface area contributed by atoms with Crippen molar-refractivity contribution < 1.29 is 9.90 Å². The highest BCUT2D eigenvalue weighted by atomic mass is 16.3. The molecule has 1 fully saturated rings. The average molecular weight is 233 g/mol. The first kappa shape index (κ1) is 12.1. The quantitative estimate of drug-likeness (QED) is 0.829. The largest absolute Gasteiger partial charge is 0.396 e. The molecule has 0 aromatic heterocycles. The smallest absolute Gasteiger partial charge is 0.224 e. The monoisotopic (exact) mass is 233 g/mol. The second-order valence-corrected chi connectivity index (χ2v) is 5.29. The van der Waals surface area contributed by atoms with Crippen LogP contribution in [0.25, 0.3) is 0 Å². The van der Waals surface area contributed by atoms with E-state index >= 15 is 0 Å². The zero-order valence-electron chi connectivity index (χ0n) is 10.3. The lowest BCUT2D eigenvalue weighted by Crippen LogP contribution is -2.26. The van der Waals surface area contributed by atoms with Crippen molar-refractivity contribution in [2.24, 2.45) is 17.3 Å². The Morgan fingerprint density at radius 2 is 2.00 bits per heavy atom. The van der Waals surface area contributed by atoms with E-state index in [-0.39, 0.29) is 29.8 Å². The van der Waals surface area contributed by atoms with Crippen molar-refractivity contribution in [3.05, 3.63) is 35.9 Å². The minimum atomic E-state index is -0.0600. The molecule has 92 valence electrons. The van der Waals surface area contributed by atoms with Crippen LogP contribution < -0.4 is 5.32 Å². The van der Waals surface area contributed by atoms with Gasteiger partial charge in [0, 0.05) is 19.1 Å². The highest BCUT2D eigenvalue weighted by molar-refractivity contribution is 5.83. The number of hydrogen-bond acceptors (Lipinski definition) is 2. The van der Waals surface area contributed by atoms with Crippen molar-refractivity contribution in [1.82, 2.24) is 5.32 Å². The van der Waals surface area contributed by atoms with Gasteiger partial charge in [0.1, 0.15) is 0 Å². The van der Waals surface area contributed by atoms with Crippen molar-refractivity contribution in [3.8, 4) is 0 Å². The first-order chi connectivity index (χ1) is 8.07. The lowest BCUT2D eigenvalue weighted by Gasteiger charge is -2.06. The maximum Gasteiger partial charge on any atom is 0.224 e. The molecule has 3 heteroatoms. The fourth-order valence-electron chi connectivity index (χ4n) is 2.50. The number of carbonyl (C=O) groups excluding carboxylic acids is 1. The Morgan fingerprint density at radius 3 is 2.53 bits per heavy atom. The fraction of sp³-hybridized carbons (Fsp3) is 0.500. The molecule has 0 heterocycles. The Morgan fingerprint density at radius 1 is 1.35 bits per heavy atom. The summed E-state index contributed by atoms with van der Waals surface area (Å²) in [7, 11) is 0. The SMILES string of the molecule is CC1(C)[C@H](C(=O)NCc2ccccc2)[C@@H]1CO. The Bertz CT molecular complexity index is 400. The molecular weight excluding hydrogens is 214 g/mol. The van der Waals surface area contributed by atoms with Crippen molar-refractivity contribution in [1.29, 1.82) is 0 Å². The highest BCUT2D eigenvalue weighted by Crippen LogP contribution is 2.57. The maximum absolute atomic E-state index is 11.9. The van der Waals surface area contributed by atoms with Gasteiger partial charge >= 0.3 is 0 Å². The number of nitrogens with one attached hydrogen (secondary N) is 1. The van der Waals surface area contributed by atoms with Crippen LogP contribution in [0, 0.1) is 17.3 Å². The van der Waals surface area contributed by atoms with Crippen molar-refractivity contribution in [3.63, 3.8) is 0 Å². The van der Waals surface area contributed by atoms with Gasteiger partial charge < -0.3 is 10.4 Å². The lowest BCUT2D eigenvalue weighted by molar-refractivity contribution is -0.123. The number of rotatable bonds is 4. The normalized spacial score (nSPS) is 25.4. The van der Waals surface area contributed by atoms with Gasteiger partial charge in [-0.15, -0.1) is 0 Å². The molecular formula is C14H19NO2. The molecule has 0 bridgehead atoms. The summed E-state index contributed by atoms with van der Waals surface area (Å²) in [5.41, 5.74) is 1.04. The molecule has 0 radical (unpaired) electrons. The zero-order chi connectivity index (χ0) is 12.5. The summed E-state index contributed by atoms with van der Waals surface area (Å²) < 4.78 is 0. The van der Waals surface area contributed by atoms with Crippen molar-refractivity contribution in [2.45, 2.75) is 20.4 Å². The fourth-order valence-corrected chi connectivity index (χ4v) is 2.50. The van der Waals surface area contributed by atoms with E-state index in [1.54, 1.807) is 0 Å². The number of benzene rings is 1. The minimum absolute atomic E-state index is 0.0452. The van der Waals surface area contributed by atoms with Gasteiger partial charge in [0.2, 0.25) is 5.91 Å². The Kier molecular flexibility index (Phi) is 3.20. The molecule has 17 heavy (non-hydrogen) atoms. The molecule has 0 spiro atoms. The third-order valence-corrected chi connectivity index (χ3v) is 3.84. The van der Waals surface area contributed by atoms with E-state index in [1.165, 1.54) is 0 Å². The number of aliphatic hydroxyl groups is 1. The van der Waals surface area contributed by atoms with Gasteiger partial charge in [-0.2, -0.15) is 0 Å². The van der Waals surface area contributed by atoms with E-state index in [1.807, 2.05) is 44.2 Å². The van der Waals surface area contributed by atoms with Crippen LogP contribution in [0.2, 0.25) is 0 Å². The molecule has 1 aromatic rings. The van der Waals surface area contributed by atoms with Crippen LogP contribution in [0.4, 0.5) is 0 Å². The molecule has 1 aromatic carbocycles. The maximum atomic E-state index is 11.9. The van der Waals surface area contributed by atoms with E-state index in [4.69, 9.17) is 5.11 Å². The Hall–Kier alpha value is -1.35.